The first kappa shape index (κ1) is 20.8. The predicted octanol–water partition coefficient (Wildman–Crippen LogP) is 2.71. The molecule has 0 spiro atoms. The van der Waals surface area contributed by atoms with Crippen LogP contribution in [0.1, 0.15) is 43.6 Å². The van der Waals surface area contributed by atoms with Crippen LogP contribution >= 0.6 is 0 Å². The highest BCUT2D eigenvalue weighted by Crippen LogP contribution is 2.23. The molecular weight excluding hydrogens is 366 g/mol. The molecule has 29 heavy (non-hydrogen) atoms. The van der Waals surface area contributed by atoms with E-state index in [1.807, 2.05) is 56.5 Å². The number of carbonyl (C=O) groups is 2. The largest absolute Gasteiger partial charge is 0.357 e. The maximum Gasteiger partial charge on any atom is 0.242 e. The highest BCUT2D eigenvalue weighted by molar-refractivity contribution is 5.92. The quantitative estimate of drug-likeness (QED) is 0.644. The summed E-state index contributed by atoms with van der Waals surface area (Å²) < 4.78 is 1.86. The van der Waals surface area contributed by atoms with Crippen molar-refractivity contribution < 1.29 is 9.59 Å². The summed E-state index contributed by atoms with van der Waals surface area (Å²) in [5.74, 6) is 0.0112. The number of hydrogen-bond acceptors (Lipinski definition) is 4. The lowest BCUT2D eigenvalue weighted by molar-refractivity contribution is -0.129. The number of carbonyl (C=O) groups excluding carboxylic acids is 2. The minimum absolute atomic E-state index is 0.135. The van der Waals surface area contributed by atoms with Crippen molar-refractivity contribution in [2.24, 2.45) is 5.92 Å². The lowest BCUT2D eigenvalue weighted by atomic mass is 10.0. The van der Waals surface area contributed by atoms with Gasteiger partial charge in [0.2, 0.25) is 11.8 Å². The predicted molar refractivity (Wildman–Crippen MR) is 114 cm³/mol. The Hall–Kier alpha value is -2.96. The lowest BCUT2D eigenvalue weighted by Crippen LogP contribution is -2.46. The van der Waals surface area contributed by atoms with E-state index >= 15 is 0 Å². The summed E-state index contributed by atoms with van der Waals surface area (Å²) in [7, 11) is 1.59. The van der Waals surface area contributed by atoms with Crippen LogP contribution in [0.25, 0.3) is 16.6 Å². The fourth-order valence-corrected chi connectivity index (χ4v) is 3.72. The number of fused-ring (bicyclic) bond motifs is 3. The van der Waals surface area contributed by atoms with Gasteiger partial charge in [0, 0.05) is 30.2 Å². The second-order valence-corrected chi connectivity index (χ2v) is 7.88. The van der Waals surface area contributed by atoms with Crippen molar-refractivity contribution in [1.82, 2.24) is 25.2 Å². The van der Waals surface area contributed by atoms with Crippen LogP contribution in [-0.2, 0) is 16.0 Å². The molecule has 1 unspecified atom stereocenters. The van der Waals surface area contributed by atoms with Crippen molar-refractivity contribution in [1.29, 1.82) is 0 Å². The smallest absolute Gasteiger partial charge is 0.242 e. The zero-order chi connectivity index (χ0) is 21.1. The molecule has 2 heterocycles. The molecule has 2 aromatic heterocycles. The molecule has 7 nitrogen and oxygen atoms in total. The van der Waals surface area contributed by atoms with Crippen molar-refractivity contribution in [2.45, 2.75) is 53.0 Å². The molecule has 154 valence electrons. The van der Waals surface area contributed by atoms with Gasteiger partial charge in [0.15, 0.2) is 5.65 Å². The molecule has 3 rings (SSSR count). The summed E-state index contributed by atoms with van der Waals surface area (Å²) in [6, 6.07) is 7.42. The summed E-state index contributed by atoms with van der Waals surface area (Å²) in [6.45, 7) is 8.04. The Kier molecular flexibility index (Phi) is 6.15. The molecule has 7 heteroatoms. The Labute approximate surface area is 170 Å². The van der Waals surface area contributed by atoms with Crippen LogP contribution < -0.4 is 10.6 Å². The first-order valence-electron chi connectivity index (χ1n) is 10.1. The molecule has 0 bridgehead atoms. The second kappa shape index (κ2) is 8.59. The van der Waals surface area contributed by atoms with Crippen molar-refractivity contribution in [3.8, 4) is 0 Å². The zero-order valence-electron chi connectivity index (χ0n) is 17.7. The van der Waals surface area contributed by atoms with E-state index in [0.717, 1.165) is 33.5 Å². The number of amides is 2. The topological polar surface area (TPSA) is 88.4 Å². The molecule has 3 aromatic rings. The van der Waals surface area contributed by atoms with E-state index in [-0.39, 0.29) is 11.8 Å². The maximum absolute atomic E-state index is 12.5. The van der Waals surface area contributed by atoms with Gasteiger partial charge in [-0.15, -0.1) is 0 Å². The molecule has 0 saturated heterocycles. The normalized spacial score (nSPS) is 12.5. The minimum atomic E-state index is -0.508. The van der Waals surface area contributed by atoms with Crippen LogP contribution in [-0.4, -0.2) is 39.5 Å². The van der Waals surface area contributed by atoms with Gasteiger partial charge in [-0.3, -0.25) is 9.59 Å². The van der Waals surface area contributed by atoms with E-state index in [1.165, 1.54) is 0 Å². The molecule has 2 N–H and O–H groups in total. The Morgan fingerprint density at radius 1 is 1.17 bits per heavy atom. The number of aromatic nitrogens is 3. The Bertz CT molecular complexity index is 1050. The summed E-state index contributed by atoms with van der Waals surface area (Å²) in [6.07, 6.45) is 1.45. The number of rotatable bonds is 7. The number of likely N-dealkylation sites (N-methyl/N-ethyl adjacent to an activating group) is 1. The average Bonchev–Trinajstić information content (AvgIpc) is 3.05. The van der Waals surface area contributed by atoms with Crippen LogP contribution in [0.5, 0.6) is 0 Å². The van der Waals surface area contributed by atoms with Gasteiger partial charge in [0.1, 0.15) is 6.04 Å². The monoisotopic (exact) mass is 395 g/mol. The van der Waals surface area contributed by atoms with Gasteiger partial charge in [-0.2, -0.15) is 5.10 Å². The van der Waals surface area contributed by atoms with Crippen LogP contribution in [0.15, 0.2) is 24.3 Å². The summed E-state index contributed by atoms with van der Waals surface area (Å²) in [5, 5.41) is 11.2. The van der Waals surface area contributed by atoms with Gasteiger partial charge in [-0.05, 0) is 50.3 Å². The van der Waals surface area contributed by atoms with E-state index in [9.17, 15) is 9.59 Å². The fourth-order valence-electron chi connectivity index (χ4n) is 3.72. The Morgan fingerprint density at radius 3 is 2.59 bits per heavy atom. The number of benzene rings is 1. The van der Waals surface area contributed by atoms with Crippen molar-refractivity contribution in [3.63, 3.8) is 0 Å². The number of nitrogens with one attached hydrogen (secondary N) is 2. The van der Waals surface area contributed by atoms with Crippen molar-refractivity contribution >= 4 is 28.4 Å². The number of nitrogens with zero attached hydrogens (tertiary/aromatic N) is 3. The minimum Gasteiger partial charge on any atom is -0.357 e. The second-order valence-electron chi connectivity index (χ2n) is 7.88. The van der Waals surface area contributed by atoms with Crippen molar-refractivity contribution in [3.05, 3.63) is 41.2 Å². The van der Waals surface area contributed by atoms with Crippen LogP contribution in [0.3, 0.4) is 0 Å². The van der Waals surface area contributed by atoms with Gasteiger partial charge in [-0.1, -0.05) is 26.0 Å². The highest BCUT2D eigenvalue weighted by atomic mass is 16.2. The van der Waals surface area contributed by atoms with Crippen LogP contribution in [0.4, 0.5) is 0 Å². The Morgan fingerprint density at radius 2 is 1.90 bits per heavy atom. The van der Waals surface area contributed by atoms with Gasteiger partial charge in [0.25, 0.3) is 0 Å². The third kappa shape index (κ3) is 4.39. The van der Waals surface area contributed by atoms with Gasteiger partial charge in [0.05, 0.1) is 5.52 Å². The van der Waals surface area contributed by atoms with Crippen molar-refractivity contribution in [2.75, 3.05) is 7.05 Å². The third-order valence-corrected chi connectivity index (χ3v) is 5.23. The van der Waals surface area contributed by atoms with E-state index in [2.05, 4.69) is 15.7 Å². The fraction of sp³-hybridized carbons (Fsp3) is 0.455. The molecule has 0 aliphatic rings. The first-order chi connectivity index (χ1) is 13.8. The first-order valence-corrected chi connectivity index (χ1v) is 10.1. The zero-order valence-corrected chi connectivity index (χ0v) is 17.7. The molecule has 0 radical (unpaired) electrons. The van der Waals surface area contributed by atoms with Crippen LogP contribution in [0, 0.1) is 19.8 Å². The third-order valence-electron chi connectivity index (χ3n) is 5.23. The van der Waals surface area contributed by atoms with Gasteiger partial charge in [-0.25, -0.2) is 9.50 Å². The Balaban J connectivity index is 1.78. The molecule has 1 aromatic carbocycles. The molecule has 2 amide bonds. The molecule has 0 saturated carbocycles. The summed E-state index contributed by atoms with van der Waals surface area (Å²) >= 11 is 0. The number of aryl methyl sites for hydroxylation is 2. The van der Waals surface area contributed by atoms with E-state index in [1.54, 1.807) is 7.05 Å². The van der Waals surface area contributed by atoms with Gasteiger partial charge >= 0.3 is 0 Å². The van der Waals surface area contributed by atoms with E-state index in [4.69, 9.17) is 4.98 Å². The highest BCUT2D eigenvalue weighted by Gasteiger charge is 2.21. The molecule has 0 aliphatic heterocycles. The summed E-state index contributed by atoms with van der Waals surface area (Å²) in [4.78, 5) is 29.3. The summed E-state index contributed by atoms with van der Waals surface area (Å²) in [5.41, 5.74) is 4.64. The number of hydrogen-bond donors (Lipinski definition) is 2. The average molecular weight is 396 g/mol. The van der Waals surface area contributed by atoms with E-state index in [0.29, 0.717) is 25.2 Å². The lowest BCUT2D eigenvalue weighted by Gasteiger charge is -2.19. The van der Waals surface area contributed by atoms with E-state index < -0.39 is 6.04 Å². The van der Waals surface area contributed by atoms with Gasteiger partial charge < -0.3 is 10.6 Å². The van der Waals surface area contributed by atoms with Crippen LogP contribution in [0.2, 0.25) is 0 Å². The molecule has 0 fully saturated rings. The molecule has 0 aliphatic carbocycles. The molecule has 1 atom stereocenters. The SMILES string of the molecule is CNC(=O)C(CC(C)C)NC(=O)CCc1c(C)nc2c3ccccc3nn2c1C. The maximum atomic E-state index is 12.5. The standard InChI is InChI=1S/C22H29N5O2/c1-13(2)12-19(22(29)23-5)25-20(28)11-10-16-14(3)24-21-17-8-6-7-9-18(17)26-27(21)15(16)4/h6-9,13,19H,10-12H2,1-5H3,(H,23,29)(H,25,28). The molecular formula is C22H29N5O2.